The number of nitrogens with zero attached hydrogens (tertiary/aromatic N) is 6. The van der Waals surface area contributed by atoms with Crippen LogP contribution in [0.15, 0.2) is 179 Å². The molecule has 0 fully saturated rings. The van der Waals surface area contributed by atoms with E-state index in [1.807, 2.05) is 153 Å². The first-order valence-corrected chi connectivity index (χ1v) is 22.3. The Morgan fingerprint density at radius 1 is 0.485 bits per heavy atom. The molecule has 8 nitrogen and oxygen atoms in total. The van der Waals surface area contributed by atoms with E-state index in [9.17, 15) is 14.0 Å². The van der Waals surface area contributed by atoms with Crippen molar-refractivity contribution in [3.63, 3.8) is 0 Å². The van der Waals surface area contributed by atoms with E-state index in [1.54, 1.807) is 23.6 Å². The minimum absolute atomic E-state index is 0.00390. The molecule has 0 aliphatic carbocycles. The lowest BCUT2D eigenvalue weighted by molar-refractivity contribution is 0.416. The molecule has 0 aliphatic heterocycles. The van der Waals surface area contributed by atoms with Crippen molar-refractivity contribution in [2.75, 3.05) is 23.9 Å². The van der Waals surface area contributed by atoms with E-state index in [2.05, 4.69) is 62.1 Å². The van der Waals surface area contributed by atoms with Crippen LogP contribution in [0.1, 0.15) is 65.4 Å². The molecule has 9 heteroatoms. The van der Waals surface area contributed by atoms with Gasteiger partial charge in [-0.15, -0.1) is 0 Å². The Morgan fingerprint density at radius 2 is 0.894 bits per heavy atom. The number of anilines is 4. The number of hydrogen-bond acceptors (Lipinski definition) is 6. The van der Waals surface area contributed by atoms with Crippen LogP contribution in [0.3, 0.4) is 0 Å². The summed E-state index contributed by atoms with van der Waals surface area (Å²) >= 11 is 0. The highest BCUT2D eigenvalue weighted by Crippen LogP contribution is 2.32. The molecule has 0 saturated heterocycles. The molecule has 0 aliphatic rings. The Bertz CT molecular complexity index is 3220. The van der Waals surface area contributed by atoms with Crippen molar-refractivity contribution in [2.24, 2.45) is 5.92 Å². The Labute approximate surface area is 385 Å². The Hall–Kier alpha value is -7.65. The fourth-order valence-electron chi connectivity index (χ4n) is 8.79. The van der Waals surface area contributed by atoms with Gasteiger partial charge in [-0.3, -0.25) is 18.7 Å². The number of aromatic nitrogens is 4. The van der Waals surface area contributed by atoms with Gasteiger partial charge in [-0.1, -0.05) is 123 Å². The fourth-order valence-corrected chi connectivity index (χ4v) is 8.79. The Morgan fingerprint density at radius 3 is 1.38 bits per heavy atom. The molecule has 0 radical (unpaired) electrons. The SMILES string of the molecule is Cc1cc(N(C)c2ccc3nc(C)n(C(c4ccccc4)c4ccccc4)c(=O)c3c2)ccc1F.Cc1ccc(N(C)c2ccc3nc(C)n(C(c4ccccc4)C(C)C)c(=O)c3c2)cc1. The number of halogens is 1. The Balaban J connectivity index is 0.000000181. The molecule has 2 heterocycles. The van der Waals surface area contributed by atoms with Crippen molar-refractivity contribution in [3.8, 4) is 0 Å². The quantitative estimate of drug-likeness (QED) is 0.136. The zero-order valence-corrected chi connectivity index (χ0v) is 38.8. The second-order valence-corrected chi connectivity index (χ2v) is 17.3. The third kappa shape index (κ3) is 9.15. The molecular formula is C57H55FN6O2. The van der Waals surface area contributed by atoms with Gasteiger partial charge in [-0.2, -0.15) is 0 Å². The van der Waals surface area contributed by atoms with Gasteiger partial charge in [0.2, 0.25) is 0 Å². The highest BCUT2D eigenvalue weighted by molar-refractivity contribution is 5.84. The summed E-state index contributed by atoms with van der Waals surface area (Å²) in [5, 5.41) is 1.18. The summed E-state index contributed by atoms with van der Waals surface area (Å²) in [6.45, 7) is 11.9. The highest BCUT2D eigenvalue weighted by atomic mass is 19.1. The minimum Gasteiger partial charge on any atom is -0.345 e. The van der Waals surface area contributed by atoms with Gasteiger partial charge < -0.3 is 9.80 Å². The number of benzene rings is 7. The van der Waals surface area contributed by atoms with Gasteiger partial charge >= 0.3 is 0 Å². The number of fused-ring (bicyclic) bond motifs is 2. The molecule has 66 heavy (non-hydrogen) atoms. The first-order valence-electron chi connectivity index (χ1n) is 22.3. The number of aryl methyl sites for hydroxylation is 4. The molecule has 1 unspecified atom stereocenters. The van der Waals surface area contributed by atoms with Crippen LogP contribution in [-0.4, -0.2) is 33.2 Å². The molecule has 332 valence electrons. The lowest BCUT2D eigenvalue weighted by atomic mass is 9.95. The maximum absolute atomic E-state index is 14.0. The summed E-state index contributed by atoms with van der Waals surface area (Å²) in [6, 6.07) is 54.8. The van der Waals surface area contributed by atoms with Gasteiger partial charge in [-0.25, -0.2) is 14.4 Å². The molecule has 0 spiro atoms. The smallest absolute Gasteiger partial charge is 0.262 e. The Kier molecular flexibility index (Phi) is 13.1. The monoisotopic (exact) mass is 874 g/mol. The lowest BCUT2D eigenvalue weighted by Crippen LogP contribution is -2.31. The molecule has 0 saturated carbocycles. The average molecular weight is 875 g/mol. The summed E-state index contributed by atoms with van der Waals surface area (Å²) in [5.74, 6) is 1.39. The molecule has 9 aromatic rings. The summed E-state index contributed by atoms with van der Waals surface area (Å²) in [4.78, 5) is 41.4. The second-order valence-electron chi connectivity index (χ2n) is 17.3. The van der Waals surface area contributed by atoms with E-state index in [0.717, 1.165) is 50.8 Å². The topological polar surface area (TPSA) is 76.3 Å². The van der Waals surface area contributed by atoms with Crippen LogP contribution in [0.4, 0.5) is 27.1 Å². The highest BCUT2D eigenvalue weighted by Gasteiger charge is 2.24. The van der Waals surface area contributed by atoms with Crippen LogP contribution < -0.4 is 20.9 Å². The first kappa shape index (κ1) is 44.9. The van der Waals surface area contributed by atoms with E-state index in [-0.39, 0.29) is 34.9 Å². The van der Waals surface area contributed by atoms with Gasteiger partial charge in [0.15, 0.2) is 0 Å². The largest absolute Gasteiger partial charge is 0.345 e. The van der Waals surface area contributed by atoms with Crippen LogP contribution in [0.5, 0.6) is 0 Å². The van der Waals surface area contributed by atoms with Crippen molar-refractivity contribution in [1.29, 1.82) is 0 Å². The van der Waals surface area contributed by atoms with E-state index < -0.39 is 0 Å². The van der Waals surface area contributed by atoms with Crippen molar-refractivity contribution < 1.29 is 4.39 Å². The molecule has 1 atom stereocenters. The van der Waals surface area contributed by atoms with E-state index in [0.29, 0.717) is 27.7 Å². The molecule has 7 aromatic carbocycles. The minimum atomic E-state index is -0.303. The standard InChI is InChI=1S/C30H26FN3O.C27H29N3O/c1-20-18-24(14-16-27(20)31)33(3)25-15-17-28-26(19-25)30(35)34(21(2)32-28)29(22-10-6-4-7-11-22)23-12-8-5-9-13-23;1-18(2)26(21-9-7-6-8-10-21)30-20(4)28-25-16-15-23(17-24(25)27(30)31)29(5)22-13-11-19(3)12-14-22/h4-19,29H,1-3H3;6-18,26H,1-5H3. The van der Waals surface area contributed by atoms with Gasteiger partial charge in [0, 0.05) is 36.8 Å². The summed E-state index contributed by atoms with van der Waals surface area (Å²) in [6.07, 6.45) is 0. The lowest BCUT2D eigenvalue weighted by Gasteiger charge is -2.26. The van der Waals surface area contributed by atoms with Crippen molar-refractivity contribution in [3.05, 3.63) is 236 Å². The van der Waals surface area contributed by atoms with Crippen molar-refractivity contribution in [1.82, 2.24) is 19.1 Å². The zero-order chi connectivity index (χ0) is 46.6. The fraction of sp³-hybridized carbons (Fsp3) is 0.193. The number of hydrogen-bond donors (Lipinski definition) is 0. The predicted octanol–water partition coefficient (Wildman–Crippen LogP) is 12.6. The van der Waals surface area contributed by atoms with Gasteiger partial charge in [-0.05, 0) is 123 Å². The van der Waals surface area contributed by atoms with Crippen molar-refractivity contribution >= 4 is 44.6 Å². The van der Waals surface area contributed by atoms with E-state index >= 15 is 0 Å². The van der Waals surface area contributed by atoms with Crippen LogP contribution in [0, 0.1) is 39.4 Å². The molecule has 0 N–H and O–H groups in total. The predicted molar refractivity (Wildman–Crippen MR) is 269 cm³/mol. The second kappa shape index (κ2) is 19.2. The zero-order valence-electron chi connectivity index (χ0n) is 38.8. The van der Waals surface area contributed by atoms with E-state index in [4.69, 9.17) is 9.97 Å². The van der Waals surface area contributed by atoms with Crippen LogP contribution >= 0.6 is 0 Å². The maximum Gasteiger partial charge on any atom is 0.262 e. The van der Waals surface area contributed by atoms with Crippen LogP contribution in [0.25, 0.3) is 21.8 Å². The molecule has 2 aromatic heterocycles. The molecular weight excluding hydrogens is 820 g/mol. The van der Waals surface area contributed by atoms with Gasteiger partial charge in [0.1, 0.15) is 17.5 Å². The van der Waals surface area contributed by atoms with Crippen LogP contribution in [-0.2, 0) is 0 Å². The first-order chi connectivity index (χ1) is 31.8. The molecule has 9 rings (SSSR count). The maximum atomic E-state index is 14.0. The third-order valence-electron chi connectivity index (χ3n) is 12.4. The summed E-state index contributed by atoms with van der Waals surface area (Å²) in [7, 11) is 3.93. The normalized spacial score (nSPS) is 11.7. The molecule has 0 amide bonds. The van der Waals surface area contributed by atoms with Gasteiger partial charge in [0.25, 0.3) is 11.1 Å². The molecule has 0 bridgehead atoms. The van der Waals surface area contributed by atoms with Crippen LogP contribution in [0.2, 0.25) is 0 Å². The van der Waals surface area contributed by atoms with E-state index in [1.165, 1.54) is 11.6 Å². The average Bonchev–Trinajstić information content (AvgIpc) is 3.33. The number of rotatable bonds is 10. The van der Waals surface area contributed by atoms with Gasteiger partial charge in [0.05, 0.1) is 33.9 Å². The third-order valence-corrected chi connectivity index (χ3v) is 12.4. The van der Waals surface area contributed by atoms with Crippen molar-refractivity contribution in [2.45, 2.75) is 53.6 Å². The summed E-state index contributed by atoms with van der Waals surface area (Å²) in [5.41, 5.74) is 9.94. The summed E-state index contributed by atoms with van der Waals surface area (Å²) < 4.78 is 17.4.